The second-order valence-electron chi connectivity index (χ2n) is 9.80. The van der Waals surface area contributed by atoms with Crippen molar-refractivity contribution in [3.8, 4) is 0 Å². The predicted molar refractivity (Wildman–Crippen MR) is 147 cm³/mol. The number of nitrogens with zero attached hydrogens (tertiary/aromatic N) is 2. The summed E-state index contributed by atoms with van der Waals surface area (Å²) in [5.41, 5.74) is 8.26. The van der Waals surface area contributed by atoms with Crippen LogP contribution in [0.4, 0.5) is 35.9 Å². The monoisotopic (exact) mass is 557 g/mol. The maximum absolute atomic E-state index is 13.8. The first kappa shape index (κ1) is 28.2. The second-order valence-corrected chi connectivity index (χ2v) is 10.9. The van der Waals surface area contributed by atoms with Gasteiger partial charge in [-0.15, -0.1) is 12.4 Å². The van der Waals surface area contributed by atoms with E-state index in [9.17, 15) is 13.2 Å². The van der Waals surface area contributed by atoms with E-state index in [2.05, 4.69) is 32.6 Å². The fourth-order valence-electron chi connectivity index (χ4n) is 5.32. The van der Waals surface area contributed by atoms with Crippen molar-refractivity contribution in [2.45, 2.75) is 53.8 Å². The number of ether oxygens (including phenoxy) is 1. The van der Waals surface area contributed by atoms with Crippen LogP contribution >= 0.6 is 24.2 Å². The molecule has 3 aliphatic heterocycles. The minimum atomic E-state index is -4.42. The van der Waals surface area contributed by atoms with Crippen molar-refractivity contribution >= 4 is 46.9 Å². The minimum absolute atomic E-state index is 0. The predicted octanol–water partition coefficient (Wildman–Crippen LogP) is 5.79. The Kier molecular flexibility index (Phi) is 9.06. The van der Waals surface area contributed by atoms with Crippen LogP contribution in [0, 0.1) is 0 Å². The lowest BCUT2D eigenvalue weighted by molar-refractivity contribution is -0.137. The van der Waals surface area contributed by atoms with E-state index < -0.39 is 11.7 Å². The van der Waals surface area contributed by atoms with Crippen molar-refractivity contribution in [2.75, 3.05) is 61.9 Å². The summed E-state index contributed by atoms with van der Waals surface area (Å²) in [6, 6.07) is 8.82. The molecule has 6 nitrogen and oxygen atoms in total. The number of methoxy groups -OCH3 is 1. The van der Waals surface area contributed by atoms with Gasteiger partial charge in [-0.25, -0.2) is 0 Å². The summed E-state index contributed by atoms with van der Waals surface area (Å²) in [7, 11) is 1.74. The molecule has 11 heteroatoms. The largest absolute Gasteiger partial charge is 0.416 e. The highest BCUT2D eigenvalue weighted by Crippen LogP contribution is 2.50. The van der Waals surface area contributed by atoms with Crippen LogP contribution in [0.5, 0.6) is 0 Å². The van der Waals surface area contributed by atoms with Crippen LogP contribution < -0.4 is 21.3 Å². The van der Waals surface area contributed by atoms with E-state index in [0.717, 1.165) is 80.4 Å². The number of hydrogen-bond acceptors (Lipinski definition) is 7. The van der Waals surface area contributed by atoms with E-state index >= 15 is 0 Å². The first-order valence-corrected chi connectivity index (χ1v) is 13.5. The maximum atomic E-state index is 13.8. The van der Waals surface area contributed by atoms with Gasteiger partial charge in [0.2, 0.25) is 0 Å². The van der Waals surface area contributed by atoms with Gasteiger partial charge in [0.15, 0.2) is 0 Å². The van der Waals surface area contributed by atoms with E-state index in [-0.39, 0.29) is 24.6 Å². The summed E-state index contributed by atoms with van der Waals surface area (Å²) >= 11 is 1.40. The summed E-state index contributed by atoms with van der Waals surface area (Å²) in [5.74, 6) is 0. The molecule has 2 saturated heterocycles. The number of nitrogens with one attached hydrogen (secondary N) is 2. The van der Waals surface area contributed by atoms with E-state index in [1.54, 1.807) is 7.11 Å². The number of nitrogens with two attached hydrogens (primary N) is 1. The van der Waals surface area contributed by atoms with Crippen LogP contribution in [-0.4, -0.2) is 63.4 Å². The Morgan fingerprint density at radius 3 is 2.59 bits per heavy atom. The van der Waals surface area contributed by atoms with Crippen molar-refractivity contribution in [1.82, 2.24) is 4.90 Å². The van der Waals surface area contributed by atoms with Crippen molar-refractivity contribution in [1.29, 1.82) is 0 Å². The molecule has 1 unspecified atom stereocenters. The standard InChI is InChI=1S/C26H34F3N5OS.ClH/c1-35-20-3-2-9-34(16-20)19-4-5-21-23(15-19)36-24-14-17(26(27,28)29)13-22(25(24)32-21)31-18-6-10-33(11-7-18)12-8-30;/h4-5,13-15,18,20,31-32H,2-3,6-12,16,30H2,1H3;1H. The maximum Gasteiger partial charge on any atom is 0.416 e. The van der Waals surface area contributed by atoms with Crippen LogP contribution in [-0.2, 0) is 10.9 Å². The molecule has 0 aliphatic carbocycles. The smallest absolute Gasteiger partial charge is 0.380 e. The number of alkyl halides is 3. The SMILES string of the molecule is COC1CCCN(c2ccc3c(c2)Sc2cc(C(F)(F)F)cc(NC4CCN(CCN)CC4)c2N3)C1.Cl. The van der Waals surface area contributed by atoms with E-state index in [4.69, 9.17) is 10.5 Å². The van der Waals surface area contributed by atoms with Crippen LogP contribution in [0.1, 0.15) is 31.2 Å². The number of piperidine rings is 2. The molecule has 0 radical (unpaired) electrons. The third kappa shape index (κ3) is 6.42. The first-order valence-electron chi connectivity index (χ1n) is 12.6. The van der Waals surface area contributed by atoms with E-state index in [1.807, 2.05) is 6.07 Å². The van der Waals surface area contributed by atoms with Crippen molar-refractivity contribution in [3.05, 3.63) is 35.9 Å². The molecule has 1 atom stereocenters. The average Bonchev–Trinajstić information content (AvgIpc) is 2.88. The normalized spacial score (nSPS) is 20.5. The van der Waals surface area contributed by atoms with Gasteiger partial charge >= 0.3 is 6.18 Å². The summed E-state index contributed by atoms with van der Waals surface area (Å²) in [6.07, 6.45) is -0.372. The van der Waals surface area contributed by atoms with Gasteiger partial charge in [0, 0.05) is 67.9 Å². The number of fused-ring (bicyclic) bond motifs is 2. The summed E-state index contributed by atoms with van der Waals surface area (Å²) in [4.78, 5) is 6.12. The van der Waals surface area contributed by atoms with Crippen molar-refractivity contribution in [2.24, 2.45) is 5.73 Å². The van der Waals surface area contributed by atoms with Gasteiger partial charge in [0.1, 0.15) is 0 Å². The Labute approximate surface area is 226 Å². The fourth-order valence-corrected chi connectivity index (χ4v) is 6.41. The van der Waals surface area contributed by atoms with Gasteiger partial charge < -0.3 is 30.9 Å². The lowest BCUT2D eigenvalue weighted by Crippen LogP contribution is -2.41. The molecular weight excluding hydrogens is 523 g/mol. The van der Waals surface area contributed by atoms with Gasteiger partial charge in [-0.1, -0.05) is 11.8 Å². The first-order chi connectivity index (χ1) is 17.3. The molecular formula is C26H35ClF3N5OS. The third-order valence-corrected chi connectivity index (χ3v) is 8.44. The Bertz CT molecular complexity index is 1080. The van der Waals surface area contributed by atoms with Crippen molar-refractivity contribution < 1.29 is 17.9 Å². The molecule has 3 heterocycles. The van der Waals surface area contributed by atoms with Gasteiger partial charge in [-0.05, 0) is 56.0 Å². The summed E-state index contributed by atoms with van der Waals surface area (Å²) in [6.45, 7) is 5.02. The van der Waals surface area contributed by atoms with Gasteiger partial charge in [-0.3, -0.25) is 0 Å². The lowest BCUT2D eigenvalue weighted by Gasteiger charge is -2.35. The number of benzene rings is 2. The van der Waals surface area contributed by atoms with Gasteiger partial charge in [0.25, 0.3) is 0 Å². The zero-order valence-corrected chi connectivity index (χ0v) is 22.6. The van der Waals surface area contributed by atoms with Crippen LogP contribution in [0.15, 0.2) is 40.1 Å². The van der Waals surface area contributed by atoms with E-state index in [0.29, 0.717) is 17.1 Å². The Hall–Kier alpha value is -1.85. The highest BCUT2D eigenvalue weighted by molar-refractivity contribution is 7.99. The molecule has 204 valence electrons. The quantitative estimate of drug-likeness (QED) is 0.355. The molecule has 37 heavy (non-hydrogen) atoms. The summed E-state index contributed by atoms with van der Waals surface area (Å²) in [5, 5.41) is 6.87. The Morgan fingerprint density at radius 1 is 1.11 bits per heavy atom. The molecule has 4 N–H and O–H groups in total. The highest BCUT2D eigenvalue weighted by Gasteiger charge is 2.34. The molecule has 0 aromatic heterocycles. The second kappa shape index (κ2) is 11.9. The number of anilines is 4. The number of likely N-dealkylation sites (tertiary alicyclic amines) is 1. The summed E-state index contributed by atoms with van der Waals surface area (Å²) < 4.78 is 47.1. The lowest BCUT2D eigenvalue weighted by atomic mass is 10.0. The molecule has 2 fully saturated rings. The van der Waals surface area contributed by atoms with Gasteiger partial charge in [-0.2, -0.15) is 13.2 Å². The highest BCUT2D eigenvalue weighted by atomic mass is 35.5. The Morgan fingerprint density at radius 2 is 1.89 bits per heavy atom. The van der Waals surface area contributed by atoms with Crippen molar-refractivity contribution in [3.63, 3.8) is 0 Å². The fraction of sp³-hybridized carbons (Fsp3) is 0.538. The van der Waals surface area contributed by atoms with Gasteiger partial charge in [0.05, 0.1) is 28.7 Å². The molecule has 0 saturated carbocycles. The third-order valence-electron chi connectivity index (χ3n) is 7.34. The zero-order valence-electron chi connectivity index (χ0n) is 20.9. The molecule has 5 rings (SSSR count). The van der Waals surface area contributed by atoms with Crippen LogP contribution in [0.25, 0.3) is 0 Å². The Balaban J connectivity index is 0.00000320. The number of halogens is 4. The molecule has 2 aromatic carbocycles. The topological polar surface area (TPSA) is 65.8 Å². The molecule has 0 bridgehead atoms. The minimum Gasteiger partial charge on any atom is -0.380 e. The average molecular weight is 558 g/mol. The molecule has 0 amide bonds. The number of hydrogen-bond donors (Lipinski definition) is 3. The van der Waals surface area contributed by atoms with Crippen LogP contribution in [0.3, 0.4) is 0 Å². The molecule has 2 aromatic rings. The van der Waals surface area contributed by atoms with Crippen LogP contribution in [0.2, 0.25) is 0 Å². The zero-order chi connectivity index (χ0) is 25.3. The van der Waals surface area contributed by atoms with E-state index in [1.165, 1.54) is 23.9 Å². The molecule has 3 aliphatic rings. The number of rotatable bonds is 6. The molecule has 0 spiro atoms.